The lowest BCUT2D eigenvalue weighted by Gasteiger charge is -2.27. The molecule has 1 aliphatic heterocycles. The first-order chi connectivity index (χ1) is 9.02. The van der Waals surface area contributed by atoms with Crippen LogP contribution >= 0.6 is 0 Å². The third-order valence-electron chi connectivity index (χ3n) is 3.44. The Morgan fingerprint density at radius 3 is 2.84 bits per heavy atom. The van der Waals surface area contributed by atoms with E-state index in [1.54, 1.807) is 11.9 Å². The second kappa shape index (κ2) is 5.30. The van der Waals surface area contributed by atoms with Gasteiger partial charge in [0.05, 0.1) is 7.11 Å². The van der Waals surface area contributed by atoms with Gasteiger partial charge in [-0.15, -0.1) is 0 Å². The van der Waals surface area contributed by atoms with E-state index in [-0.39, 0.29) is 18.4 Å². The van der Waals surface area contributed by atoms with Crippen LogP contribution in [0.2, 0.25) is 0 Å². The van der Waals surface area contributed by atoms with Crippen LogP contribution in [0.15, 0.2) is 18.2 Å². The fourth-order valence-electron chi connectivity index (χ4n) is 2.23. The van der Waals surface area contributed by atoms with E-state index in [9.17, 15) is 9.59 Å². The zero-order valence-corrected chi connectivity index (χ0v) is 11.5. The van der Waals surface area contributed by atoms with Crippen molar-refractivity contribution in [2.45, 2.75) is 12.8 Å². The summed E-state index contributed by atoms with van der Waals surface area (Å²) in [6, 6.07) is 5.87. The van der Waals surface area contributed by atoms with Gasteiger partial charge < -0.3 is 14.5 Å². The number of benzene rings is 1. The van der Waals surface area contributed by atoms with E-state index in [2.05, 4.69) is 4.74 Å². The predicted octanol–water partition coefficient (Wildman–Crippen LogP) is 1.20. The van der Waals surface area contributed by atoms with Gasteiger partial charge in [0, 0.05) is 31.9 Å². The Hall–Kier alpha value is -2.04. The van der Waals surface area contributed by atoms with Gasteiger partial charge >= 0.3 is 5.97 Å². The van der Waals surface area contributed by atoms with Gasteiger partial charge in [-0.2, -0.15) is 0 Å². The summed E-state index contributed by atoms with van der Waals surface area (Å²) in [7, 11) is 5.01. The average molecular weight is 262 g/mol. The van der Waals surface area contributed by atoms with Gasteiger partial charge in [0.25, 0.3) is 0 Å². The van der Waals surface area contributed by atoms with Crippen LogP contribution in [0, 0.1) is 0 Å². The third kappa shape index (κ3) is 2.70. The number of carbonyl (C=O) groups excluding carboxylic acids is 2. The number of aryl methyl sites for hydroxylation is 1. The molecule has 19 heavy (non-hydrogen) atoms. The Kier molecular flexibility index (Phi) is 3.74. The van der Waals surface area contributed by atoms with E-state index < -0.39 is 0 Å². The number of fused-ring (bicyclic) bond motifs is 1. The maximum absolute atomic E-state index is 11.6. The first kappa shape index (κ1) is 13.4. The Morgan fingerprint density at radius 1 is 1.42 bits per heavy atom. The Morgan fingerprint density at radius 2 is 2.16 bits per heavy atom. The molecule has 0 spiro atoms. The molecule has 5 nitrogen and oxygen atoms in total. The molecule has 0 atom stereocenters. The van der Waals surface area contributed by atoms with E-state index in [0.29, 0.717) is 6.42 Å². The standard InChI is InChI=1S/C14H18N2O3/c1-15(9-14(18)19-3)11-5-6-12-10(8-11)4-7-13(17)16(12)2/h5-6,8H,4,7,9H2,1-3H3. The first-order valence-corrected chi connectivity index (χ1v) is 6.20. The summed E-state index contributed by atoms with van der Waals surface area (Å²) in [5.74, 6) is -0.129. The Labute approximate surface area is 112 Å². The van der Waals surface area contributed by atoms with Crippen LogP contribution < -0.4 is 9.80 Å². The molecule has 0 saturated carbocycles. The monoisotopic (exact) mass is 262 g/mol. The maximum Gasteiger partial charge on any atom is 0.325 e. The van der Waals surface area contributed by atoms with Crippen molar-refractivity contribution in [3.63, 3.8) is 0 Å². The molecule has 102 valence electrons. The summed E-state index contributed by atoms with van der Waals surface area (Å²) in [6.07, 6.45) is 1.28. The normalized spacial score (nSPS) is 14.1. The van der Waals surface area contributed by atoms with Crippen LogP contribution in [0.4, 0.5) is 11.4 Å². The number of methoxy groups -OCH3 is 1. The molecule has 0 fully saturated rings. The summed E-state index contributed by atoms with van der Waals surface area (Å²) in [4.78, 5) is 26.4. The number of nitrogens with zero attached hydrogens (tertiary/aromatic N) is 2. The van der Waals surface area contributed by atoms with Gasteiger partial charge in [-0.1, -0.05) is 0 Å². The lowest BCUT2D eigenvalue weighted by Crippen LogP contribution is -2.31. The number of amides is 1. The molecular weight excluding hydrogens is 244 g/mol. The smallest absolute Gasteiger partial charge is 0.325 e. The molecule has 0 aliphatic carbocycles. The van der Waals surface area contributed by atoms with Gasteiger partial charge in [-0.05, 0) is 30.2 Å². The van der Waals surface area contributed by atoms with Crippen molar-refractivity contribution >= 4 is 23.3 Å². The van der Waals surface area contributed by atoms with E-state index in [1.165, 1.54) is 7.11 Å². The third-order valence-corrected chi connectivity index (χ3v) is 3.44. The molecule has 1 amide bonds. The van der Waals surface area contributed by atoms with E-state index >= 15 is 0 Å². The molecule has 1 aliphatic rings. The summed E-state index contributed by atoms with van der Waals surface area (Å²) >= 11 is 0. The molecule has 1 aromatic carbocycles. The molecule has 0 bridgehead atoms. The van der Waals surface area contributed by atoms with Gasteiger partial charge in [-0.25, -0.2) is 0 Å². The van der Waals surface area contributed by atoms with Crippen LogP contribution in [0.3, 0.4) is 0 Å². The topological polar surface area (TPSA) is 49.9 Å². The average Bonchev–Trinajstić information content (AvgIpc) is 2.42. The molecular formula is C14H18N2O3. The van der Waals surface area contributed by atoms with Crippen LogP contribution in [0.1, 0.15) is 12.0 Å². The van der Waals surface area contributed by atoms with Crippen LogP contribution in [0.25, 0.3) is 0 Å². The fourth-order valence-corrected chi connectivity index (χ4v) is 2.23. The van der Waals surface area contributed by atoms with Crippen LogP contribution in [-0.2, 0) is 20.7 Å². The highest BCUT2D eigenvalue weighted by Gasteiger charge is 2.21. The van der Waals surface area contributed by atoms with Gasteiger partial charge in [0.15, 0.2) is 0 Å². The summed E-state index contributed by atoms with van der Waals surface area (Å²) in [5.41, 5.74) is 3.04. The maximum atomic E-state index is 11.6. The molecule has 0 radical (unpaired) electrons. The number of likely N-dealkylation sites (N-methyl/N-ethyl adjacent to an activating group) is 1. The highest BCUT2D eigenvalue weighted by Crippen LogP contribution is 2.30. The molecule has 0 saturated heterocycles. The molecule has 1 aromatic rings. The molecule has 0 N–H and O–H groups in total. The molecule has 2 rings (SSSR count). The number of carbonyl (C=O) groups is 2. The van der Waals surface area contributed by atoms with Crippen LogP contribution in [0.5, 0.6) is 0 Å². The number of rotatable bonds is 3. The van der Waals surface area contributed by atoms with E-state index in [1.807, 2.05) is 30.1 Å². The van der Waals surface area contributed by atoms with Crippen molar-refractivity contribution in [2.75, 3.05) is 37.5 Å². The number of esters is 1. The SMILES string of the molecule is COC(=O)CN(C)c1ccc2c(c1)CCC(=O)N2C. The van der Waals surface area contributed by atoms with Gasteiger partial charge in [-0.3, -0.25) is 9.59 Å². The quantitative estimate of drug-likeness (QED) is 0.768. The largest absolute Gasteiger partial charge is 0.468 e. The minimum absolute atomic E-state index is 0.142. The fraction of sp³-hybridized carbons (Fsp3) is 0.429. The summed E-state index contributed by atoms with van der Waals surface area (Å²) in [5, 5.41) is 0. The summed E-state index contributed by atoms with van der Waals surface area (Å²) < 4.78 is 4.65. The molecule has 5 heteroatoms. The number of anilines is 2. The van der Waals surface area contributed by atoms with Crippen molar-refractivity contribution in [3.05, 3.63) is 23.8 Å². The summed E-state index contributed by atoms with van der Waals surface area (Å²) in [6.45, 7) is 0.212. The van der Waals surface area contributed by atoms with E-state index in [0.717, 1.165) is 23.4 Å². The van der Waals surface area contributed by atoms with Crippen LogP contribution in [-0.4, -0.2) is 39.6 Å². The lowest BCUT2D eigenvalue weighted by atomic mass is 10.0. The molecule has 0 aromatic heterocycles. The van der Waals surface area contributed by atoms with Crippen molar-refractivity contribution in [1.29, 1.82) is 0 Å². The minimum atomic E-state index is -0.271. The van der Waals surface area contributed by atoms with Crippen molar-refractivity contribution in [2.24, 2.45) is 0 Å². The number of ether oxygens (including phenoxy) is 1. The highest BCUT2D eigenvalue weighted by molar-refractivity contribution is 5.96. The van der Waals surface area contributed by atoms with Gasteiger partial charge in [0.1, 0.15) is 6.54 Å². The first-order valence-electron chi connectivity index (χ1n) is 6.20. The second-order valence-corrected chi connectivity index (χ2v) is 4.70. The zero-order valence-electron chi connectivity index (χ0n) is 11.5. The zero-order chi connectivity index (χ0) is 14.0. The lowest BCUT2D eigenvalue weighted by molar-refractivity contribution is -0.138. The number of hydrogen-bond donors (Lipinski definition) is 0. The van der Waals surface area contributed by atoms with Crippen molar-refractivity contribution < 1.29 is 14.3 Å². The predicted molar refractivity (Wildman–Crippen MR) is 73.5 cm³/mol. The Bertz CT molecular complexity index is 513. The van der Waals surface area contributed by atoms with Crippen molar-refractivity contribution in [3.8, 4) is 0 Å². The Balaban J connectivity index is 2.22. The minimum Gasteiger partial charge on any atom is -0.468 e. The molecule has 0 unspecified atom stereocenters. The number of hydrogen-bond acceptors (Lipinski definition) is 4. The molecule has 1 heterocycles. The highest BCUT2D eigenvalue weighted by atomic mass is 16.5. The van der Waals surface area contributed by atoms with E-state index in [4.69, 9.17) is 0 Å². The second-order valence-electron chi connectivity index (χ2n) is 4.70. The van der Waals surface area contributed by atoms with Crippen molar-refractivity contribution in [1.82, 2.24) is 0 Å². The van der Waals surface area contributed by atoms with Gasteiger partial charge in [0.2, 0.25) is 5.91 Å².